The second-order valence-electron chi connectivity index (χ2n) is 7.50. The summed E-state index contributed by atoms with van der Waals surface area (Å²) in [7, 11) is 4.15. The Balaban J connectivity index is 1.77. The topological polar surface area (TPSA) is 54.3 Å². The van der Waals surface area contributed by atoms with E-state index in [4.69, 9.17) is 0 Å². The van der Waals surface area contributed by atoms with Crippen LogP contribution in [0.3, 0.4) is 0 Å². The summed E-state index contributed by atoms with van der Waals surface area (Å²) < 4.78 is 0. The molecule has 2 aromatic carbocycles. The maximum Gasteiger partial charge on any atom is 0.117 e. The van der Waals surface area contributed by atoms with Crippen molar-refractivity contribution < 1.29 is 0 Å². The van der Waals surface area contributed by atoms with Crippen molar-refractivity contribution >= 4 is 5.69 Å². The minimum Gasteiger partial charge on any atom is -0.354 e. The highest BCUT2D eigenvalue weighted by molar-refractivity contribution is 5.55. The molecule has 0 aromatic heterocycles. The van der Waals surface area contributed by atoms with Crippen LogP contribution in [0.15, 0.2) is 66.5 Å². The van der Waals surface area contributed by atoms with Crippen LogP contribution in [-0.4, -0.2) is 50.1 Å². The lowest BCUT2D eigenvalue weighted by molar-refractivity contribution is 0.121. The van der Waals surface area contributed by atoms with Crippen molar-refractivity contribution in [2.24, 2.45) is 0 Å². The predicted molar refractivity (Wildman–Crippen MR) is 119 cm³/mol. The molecule has 1 aliphatic heterocycles. The Hall–Kier alpha value is -2.81. The van der Waals surface area contributed by atoms with Crippen molar-refractivity contribution in [2.75, 3.05) is 45.6 Å². The summed E-state index contributed by atoms with van der Waals surface area (Å²) in [6, 6.07) is 21.5. The summed E-state index contributed by atoms with van der Waals surface area (Å²) >= 11 is 0. The van der Waals surface area contributed by atoms with E-state index in [2.05, 4.69) is 82.1 Å². The van der Waals surface area contributed by atoms with Crippen LogP contribution in [0.5, 0.6) is 0 Å². The molecule has 0 radical (unpaired) electrons. The molecule has 2 N–H and O–H groups in total. The Morgan fingerprint density at radius 1 is 1.14 bits per heavy atom. The third-order valence-electron chi connectivity index (χ3n) is 5.53. The van der Waals surface area contributed by atoms with Gasteiger partial charge in [-0.3, -0.25) is 4.90 Å². The first-order valence-electron chi connectivity index (χ1n) is 10.3. The summed E-state index contributed by atoms with van der Waals surface area (Å²) in [4.78, 5) is 4.69. The number of aryl methyl sites for hydroxylation is 1. The maximum absolute atomic E-state index is 9.41. The van der Waals surface area contributed by atoms with Crippen LogP contribution in [0.4, 0.5) is 5.69 Å². The fourth-order valence-corrected chi connectivity index (χ4v) is 3.85. The third-order valence-corrected chi connectivity index (χ3v) is 5.53. The highest BCUT2D eigenvalue weighted by atomic mass is 15.3. The van der Waals surface area contributed by atoms with Crippen LogP contribution < -0.4 is 10.6 Å². The van der Waals surface area contributed by atoms with E-state index in [1.54, 1.807) is 6.08 Å². The number of hydrogen-bond acceptors (Lipinski definition) is 5. The quantitative estimate of drug-likeness (QED) is 0.534. The summed E-state index contributed by atoms with van der Waals surface area (Å²) in [6.45, 7) is 3.69. The zero-order valence-electron chi connectivity index (χ0n) is 17.4. The van der Waals surface area contributed by atoms with Crippen molar-refractivity contribution in [3.63, 3.8) is 0 Å². The van der Waals surface area contributed by atoms with Crippen molar-refractivity contribution in [2.45, 2.75) is 18.9 Å². The number of nitrogens with one attached hydrogen (secondary N) is 2. The van der Waals surface area contributed by atoms with E-state index in [9.17, 15) is 5.26 Å². The number of benzene rings is 2. The molecule has 0 aliphatic carbocycles. The first-order chi connectivity index (χ1) is 14.2. The standard InChI is InChI=1S/C24H31N5/c1-26-16-8-12-20-9-6-7-13-22(20)27-24(14-15-25)29-18-17-28(2)23(19-29)21-10-4-3-5-11-21/h3-7,9-11,13-14,23,26-27H,8,12,16-19H2,1-2H3/b24-14-. The number of anilines is 1. The molecule has 2 aromatic rings. The lowest BCUT2D eigenvalue weighted by Gasteiger charge is -2.41. The molecule has 1 heterocycles. The lowest BCUT2D eigenvalue weighted by Crippen LogP contribution is -2.47. The molecule has 29 heavy (non-hydrogen) atoms. The van der Waals surface area contributed by atoms with E-state index in [-0.39, 0.29) is 0 Å². The fraction of sp³-hybridized carbons (Fsp3) is 0.375. The number of hydrogen-bond donors (Lipinski definition) is 2. The van der Waals surface area contributed by atoms with Crippen molar-refractivity contribution in [1.29, 1.82) is 5.26 Å². The molecule has 0 saturated carbocycles. The minimum atomic E-state index is 0.305. The molecule has 5 heteroatoms. The molecule has 5 nitrogen and oxygen atoms in total. The molecule has 152 valence electrons. The van der Waals surface area contributed by atoms with Crippen LogP contribution >= 0.6 is 0 Å². The van der Waals surface area contributed by atoms with Gasteiger partial charge in [0.2, 0.25) is 0 Å². The summed E-state index contributed by atoms with van der Waals surface area (Å²) in [5.41, 5.74) is 3.67. The van der Waals surface area contributed by atoms with Gasteiger partial charge < -0.3 is 15.5 Å². The average molecular weight is 390 g/mol. The van der Waals surface area contributed by atoms with Gasteiger partial charge in [0.05, 0.1) is 18.2 Å². The monoisotopic (exact) mass is 389 g/mol. The third kappa shape index (κ3) is 5.60. The largest absolute Gasteiger partial charge is 0.354 e. The van der Waals surface area contributed by atoms with Gasteiger partial charge in [0.15, 0.2) is 0 Å². The number of allylic oxidation sites excluding steroid dienone is 1. The first-order valence-corrected chi connectivity index (χ1v) is 10.3. The lowest BCUT2D eigenvalue weighted by atomic mass is 10.0. The maximum atomic E-state index is 9.41. The Kier molecular flexibility index (Phi) is 7.69. The van der Waals surface area contributed by atoms with Gasteiger partial charge in [-0.15, -0.1) is 0 Å². The first kappa shape index (κ1) is 20.9. The number of piperazine rings is 1. The number of rotatable bonds is 8. The molecule has 0 spiro atoms. The van der Waals surface area contributed by atoms with E-state index in [0.29, 0.717) is 6.04 Å². The van der Waals surface area contributed by atoms with Gasteiger partial charge in [-0.05, 0) is 50.7 Å². The van der Waals surface area contributed by atoms with Crippen molar-refractivity contribution in [3.05, 3.63) is 77.6 Å². The van der Waals surface area contributed by atoms with Gasteiger partial charge in [0.25, 0.3) is 0 Å². The van der Waals surface area contributed by atoms with Crippen LogP contribution in [0.25, 0.3) is 0 Å². The molecular formula is C24H31N5. The van der Waals surface area contributed by atoms with E-state index in [0.717, 1.165) is 50.5 Å². The average Bonchev–Trinajstić information content (AvgIpc) is 2.76. The van der Waals surface area contributed by atoms with Gasteiger partial charge in [-0.1, -0.05) is 48.5 Å². The normalized spacial score (nSPS) is 17.8. The van der Waals surface area contributed by atoms with Gasteiger partial charge >= 0.3 is 0 Å². The van der Waals surface area contributed by atoms with Crippen molar-refractivity contribution in [3.8, 4) is 6.07 Å². The fourth-order valence-electron chi connectivity index (χ4n) is 3.85. The highest BCUT2D eigenvalue weighted by Gasteiger charge is 2.27. The smallest absolute Gasteiger partial charge is 0.117 e. The predicted octanol–water partition coefficient (Wildman–Crippen LogP) is 3.60. The molecular weight excluding hydrogens is 358 g/mol. The summed E-state index contributed by atoms with van der Waals surface area (Å²) in [5.74, 6) is 0.877. The molecule has 1 aliphatic rings. The van der Waals surface area contributed by atoms with E-state index in [1.165, 1.54) is 11.1 Å². The molecule has 3 rings (SSSR count). The highest BCUT2D eigenvalue weighted by Crippen LogP contribution is 2.27. The van der Waals surface area contributed by atoms with Crippen LogP contribution in [0.2, 0.25) is 0 Å². The molecule has 1 fully saturated rings. The number of para-hydroxylation sites is 1. The second kappa shape index (κ2) is 10.7. The molecule has 0 bridgehead atoms. The van der Waals surface area contributed by atoms with Crippen molar-refractivity contribution in [1.82, 2.24) is 15.1 Å². The number of nitriles is 1. The van der Waals surface area contributed by atoms with Crippen LogP contribution in [0.1, 0.15) is 23.6 Å². The van der Waals surface area contributed by atoms with Gasteiger partial charge in [0.1, 0.15) is 5.82 Å². The molecule has 1 unspecified atom stereocenters. The Labute approximate surface area is 174 Å². The number of likely N-dealkylation sites (N-methyl/N-ethyl adjacent to an activating group) is 1. The second-order valence-corrected chi connectivity index (χ2v) is 7.50. The Morgan fingerprint density at radius 3 is 2.66 bits per heavy atom. The van der Waals surface area contributed by atoms with Crippen LogP contribution in [0, 0.1) is 11.3 Å². The molecule has 1 saturated heterocycles. The summed E-state index contributed by atoms with van der Waals surface area (Å²) in [5, 5.41) is 16.2. The van der Waals surface area contributed by atoms with Gasteiger partial charge in [-0.25, -0.2) is 0 Å². The van der Waals surface area contributed by atoms with Crippen LogP contribution in [-0.2, 0) is 6.42 Å². The Morgan fingerprint density at radius 2 is 1.90 bits per heavy atom. The van der Waals surface area contributed by atoms with E-state index < -0.39 is 0 Å². The minimum absolute atomic E-state index is 0.305. The number of nitrogens with zero attached hydrogens (tertiary/aromatic N) is 3. The molecule has 1 atom stereocenters. The summed E-state index contributed by atoms with van der Waals surface area (Å²) in [6.07, 6.45) is 3.72. The van der Waals surface area contributed by atoms with E-state index in [1.807, 2.05) is 13.1 Å². The zero-order chi connectivity index (χ0) is 20.5. The Bertz CT molecular complexity index is 840. The molecule has 0 amide bonds. The van der Waals surface area contributed by atoms with E-state index >= 15 is 0 Å². The van der Waals surface area contributed by atoms with Gasteiger partial charge in [-0.2, -0.15) is 5.26 Å². The SMILES string of the molecule is CNCCCc1ccccc1N/C(=C/C#N)N1CCN(C)C(c2ccccc2)C1. The van der Waals surface area contributed by atoms with Gasteiger partial charge in [0, 0.05) is 25.3 Å². The zero-order valence-corrected chi connectivity index (χ0v) is 17.4.